The Hall–Kier alpha value is -2.08. The van der Waals surface area contributed by atoms with Gasteiger partial charge in [0.1, 0.15) is 5.60 Å². The van der Waals surface area contributed by atoms with Gasteiger partial charge in [0.15, 0.2) is 0 Å². The van der Waals surface area contributed by atoms with E-state index < -0.39 is 17.6 Å². The topological polar surface area (TPSA) is 87.7 Å². The van der Waals surface area contributed by atoms with E-state index in [1.165, 1.54) is 0 Å². The number of carbonyl (C=O) groups excluding carboxylic acids is 1. The van der Waals surface area contributed by atoms with E-state index in [4.69, 9.17) is 9.84 Å². The van der Waals surface area contributed by atoms with E-state index in [1.54, 1.807) is 7.11 Å². The third-order valence-electron chi connectivity index (χ3n) is 3.05. The lowest BCUT2D eigenvalue weighted by atomic mass is 9.96. The number of methoxy groups -OCH3 is 1. The average molecular weight is 280 g/mol. The number of amides is 2. The van der Waals surface area contributed by atoms with Crippen molar-refractivity contribution in [2.75, 3.05) is 20.2 Å². The Kier molecular flexibility index (Phi) is 5.99. The van der Waals surface area contributed by atoms with Crippen molar-refractivity contribution in [1.82, 2.24) is 10.6 Å². The minimum atomic E-state index is -0.948. The Morgan fingerprint density at radius 2 is 1.90 bits per heavy atom. The van der Waals surface area contributed by atoms with E-state index in [9.17, 15) is 9.59 Å². The summed E-state index contributed by atoms with van der Waals surface area (Å²) in [6, 6.07) is 9.15. The molecule has 0 aliphatic carbocycles. The number of hydrogen-bond donors (Lipinski definition) is 3. The fraction of sp³-hybridized carbons (Fsp3) is 0.429. The van der Waals surface area contributed by atoms with Crippen molar-refractivity contribution in [3.05, 3.63) is 35.9 Å². The first-order valence-electron chi connectivity index (χ1n) is 6.32. The summed E-state index contributed by atoms with van der Waals surface area (Å²) in [6.07, 6.45) is -0.104. The minimum Gasteiger partial charge on any atom is -0.481 e. The third kappa shape index (κ3) is 4.89. The molecule has 1 aromatic carbocycles. The third-order valence-corrected chi connectivity index (χ3v) is 3.05. The van der Waals surface area contributed by atoms with Crippen LogP contribution in [0, 0.1) is 0 Å². The van der Waals surface area contributed by atoms with Gasteiger partial charge in [-0.25, -0.2) is 4.79 Å². The summed E-state index contributed by atoms with van der Waals surface area (Å²) in [5.74, 6) is -0.948. The van der Waals surface area contributed by atoms with E-state index in [-0.39, 0.29) is 19.5 Å². The zero-order valence-electron chi connectivity index (χ0n) is 11.7. The van der Waals surface area contributed by atoms with Crippen molar-refractivity contribution in [3.8, 4) is 0 Å². The highest BCUT2D eigenvalue weighted by Gasteiger charge is 2.26. The molecular weight excluding hydrogens is 260 g/mol. The lowest BCUT2D eigenvalue weighted by Crippen LogP contribution is -2.44. The summed E-state index contributed by atoms with van der Waals surface area (Å²) in [4.78, 5) is 21.9. The van der Waals surface area contributed by atoms with Gasteiger partial charge < -0.3 is 20.5 Å². The number of hydrogen-bond acceptors (Lipinski definition) is 3. The van der Waals surface area contributed by atoms with Gasteiger partial charge in [-0.3, -0.25) is 4.79 Å². The average Bonchev–Trinajstić information content (AvgIpc) is 2.45. The van der Waals surface area contributed by atoms with Crippen molar-refractivity contribution >= 4 is 12.0 Å². The number of aliphatic carboxylic acids is 1. The smallest absolute Gasteiger partial charge is 0.314 e. The van der Waals surface area contributed by atoms with E-state index in [1.807, 2.05) is 37.3 Å². The summed E-state index contributed by atoms with van der Waals surface area (Å²) >= 11 is 0. The van der Waals surface area contributed by atoms with E-state index in [0.717, 1.165) is 5.56 Å². The zero-order valence-corrected chi connectivity index (χ0v) is 11.7. The molecule has 110 valence electrons. The number of urea groups is 1. The normalized spacial score (nSPS) is 13.3. The largest absolute Gasteiger partial charge is 0.481 e. The van der Waals surface area contributed by atoms with Crippen LogP contribution in [-0.2, 0) is 15.1 Å². The van der Waals surface area contributed by atoms with Gasteiger partial charge in [-0.05, 0) is 12.5 Å². The quantitative estimate of drug-likeness (QED) is 0.703. The van der Waals surface area contributed by atoms with Gasteiger partial charge in [-0.2, -0.15) is 0 Å². The van der Waals surface area contributed by atoms with Crippen LogP contribution in [0.3, 0.4) is 0 Å². The highest BCUT2D eigenvalue weighted by atomic mass is 16.5. The molecule has 0 saturated heterocycles. The lowest BCUT2D eigenvalue weighted by Gasteiger charge is -2.29. The van der Waals surface area contributed by atoms with Gasteiger partial charge >= 0.3 is 12.0 Å². The second-order valence-corrected chi connectivity index (χ2v) is 4.55. The minimum absolute atomic E-state index is 0.0935. The molecule has 6 nitrogen and oxygen atoms in total. The van der Waals surface area contributed by atoms with Crippen molar-refractivity contribution in [2.45, 2.75) is 18.9 Å². The number of ether oxygens (including phenoxy) is 1. The first kappa shape index (κ1) is 16.0. The molecular formula is C14H20N2O4. The first-order chi connectivity index (χ1) is 9.48. The van der Waals surface area contributed by atoms with Gasteiger partial charge in [0.05, 0.1) is 13.0 Å². The predicted octanol–water partition coefficient (Wildman–Crippen LogP) is 1.32. The number of rotatable bonds is 7. The van der Waals surface area contributed by atoms with Crippen LogP contribution in [-0.4, -0.2) is 37.3 Å². The maximum atomic E-state index is 11.5. The second kappa shape index (κ2) is 7.49. The van der Waals surface area contributed by atoms with Crippen molar-refractivity contribution < 1.29 is 19.4 Å². The van der Waals surface area contributed by atoms with Crippen LogP contribution in [0.25, 0.3) is 0 Å². The Labute approximate surface area is 118 Å². The molecule has 0 aliphatic rings. The number of benzene rings is 1. The van der Waals surface area contributed by atoms with Crippen molar-refractivity contribution in [1.29, 1.82) is 0 Å². The summed E-state index contributed by atoms with van der Waals surface area (Å²) in [5, 5.41) is 13.6. The molecule has 0 aromatic heterocycles. The maximum Gasteiger partial charge on any atom is 0.314 e. The molecule has 3 N–H and O–H groups in total. The van der Waals surface area contributed by atoms with Crippen LogP contribution >= 0.6 is 0 Å². The molecule has 1 atom stereocenters. The number of carboxylic acid groups (broad SMARTS) is 1. The van der Waals surface area contributed by atoms with Crippen LogP contribution in [0.4, 0.5) is 4.79 Å². The SMILES string of the molecule is COC(C)(CNC(=O)NCCC(=O)O)c1ccccc1. The van der Waals surface area contributed by atoms with Crippen LogP contribution in [0.15, 0.2) is 30.3 Å². The summed E-state index contributed by atoms with van der Waals surface area (Å²) in [5.41, 5.74) is 0.319. The molecule has 6 heteroatoms. The molecule has 2 amide bonds. The standard InChI is InChI=1S/C14H20N2O4/c1-14(20-2,11-6-4-3-5-7-11)10-16-13(19)15-9-8-12(17)18/h3-7H,8-10H2,1-2H3,(H,17,18)(H2,15,16,19). The van der Waals surface area contributed by atoms with Crippen LogP contribution in [0.2, 0.25) is 0 Å². The Bertz CT molecular complexity index is 450. The highest BCUT2D eigenvalue weighted by molar-refractivity contribution is 5.75. The number of carbonyl (C=O) groups is 2. The van der Waals surface area contributed by atoms with Crippen LogP contribution < -0.4 is 10.6 Å². The van der Waals surface area contributed by atoms with E-state index >= 15 is 0 Å². The molecule has 0 radical (unpaired) electrons. The van der Waals surface area contributed by atoms with Gasteiger partial charge in [0, 0.05) is 13.7 Å². The highest BCUT2D eigenvalue weighted by Crippen LogP contribution is 2.23. The van der Waals surface area contributed by atoms with Crippen LogP contribution in [0.1, 0.15) is 18.9 Å². The van der Waals surface area contributed by atoms with Crippen molar-refractivity contribution in [3.63, 3.8) is 0 Å². The van der Waals surface area contributed by atoms with E-state index in [0.29, 0.717) is 0 Å². The Balaban J connectivity index is 2.49. The number of nitrogens with one attached hydrogen (secondary N) is 2. The molecule has 1 aromatic rings. The van der Waals surface area contributed by atoms with Crippen LogP contribution in [0.5, 0.6) is 0 Å². The molecule has 0 fully saturated rings. The summed E-state index contributed by atoms with van der Waals surface area (Å²) in [7, 11) is 1.58. The predicted molar refractivity (Wildman–Crippen MR) is 74.5 cm³/mol. The second-order valence-electron chi connectivity index (χ2n) is 4.55. The molecule has 20 heavy (non-hydrogen) atoms. The fourth-order valence-corrected chi connectivity index (χ4v) is 1.68. The molecule has 0 bridgehead atoms. The van der Waals surface area contributed by atoms with Gasteiger partial charge in [-0.15, -0.1) is 0 Å². The molecule has 0 saturated carbocycles. The van der Waals surface area contributed by atoms with Crippen molar-refractivity contribution in [2.24, 2.45) is 0 Å². The molecule has 0 heterocycles. The van der Waals surface area contributed by atoms with Gasteiger partial charge in [0.2, 0.25) is 0 Å². The zero-order chi connectivity index (χ0) is 15.0. The van der Waals surface area contributed by atoms with Gasteiger partial charge in [0.25, 0.3) is 0 Å². The molecule has 1 rings (SSSR count). The maximum absolute atomic E-state index is 11.5. The monoisotopic (exact) mass is 280 g/mol. The van der Waals surface area contributed by atoms with Gasteiger partial charge in [-0.1, -0.05) is 30.3 Å². The Morgan fingerprint density at radius 1 is 1.25 bits per heavy atom. The number of carboxylic acids is 1. The molecule has 1 unspecified atom stereocenters. The molecule has 0 spiro atoms. The Morgan fingerprint density at radius 3 is 2.45 bits per heavy atom. The fourth-order valence-electron chi connectivity index (χ4n) is 1.68. The summed E-state index contributed by atoms with van der Waals surface area (Å²) < 4.78 is 5.48. The molecule has 0 aliphatic heterocycles. The first-order valence-corrected chi connectivity index (χ1v) is 6.32. The lowest BCUT2D eigenvalue weighted by molar-refractivity contribution is -0.136. The van der Waals surface area contributed by atoms with E-state index in [2.05, 4.69) is 10.6 Å². The summed E-state index contributed by atoms with van der Waals surface area (Å²) in [6.45, 7) is 2.25.